The average molecular weight is 484 g/mol. The second-order valence-corrected chi connectivity index (χ2v) is 9.26. The summed E-state index contributed by atoms with van der Waals surface area (Å²) in [5.41, 5.74) is 5.89. The van der Waals surface area contributed by atoms with Crippen molar-refractivity contribution in [3.63, 3.8) is 0 Å². The number of carbonyl (C=O) groups excluding carboxylic acids is 1. The first-order valence-electron chi connectivity index (χ1n) is 10.8. The summed E-state index contributed by atoms with van der Waals surface area (Å²) in [5, 5.41) is 14.1. The number of nitrogens with one attached hydrogen (secondary N) is 1. The molecule has 0 aliphatic rings. The number of aromatic nitrogens is 1. The second kappa shape index (κ2) is 11.0. The van der Waals surface area contributed by atoms with Crippen LogP contribution in [0.1, 0.15) is 17.5 Å². The minimum absolute atomic E-state index is 0.119. The van der Waals surface area contributed by atoms with Crippen LogP contribution in [0, 0.1) is 18.3 Å². The molecular formula is C28H22ClN3OS. The highest BCUT2D eigenvalue weighted by Gasteiger charge is 2.16. The van der Waals surface area contributed by atoms with Crippen LogP contribution < -0.4 is 5.32 Å². The van der Waals surface area contributed by atoms with E-state index in [0.717, 1.165) is 27.9 Å². The minimum atomic E-state index is -0.119. The fourth-order valence-electron chi connectivity index (χ4n) is 3.48. The van der Waals surface area contributed by atoms with Crippen molar-refractivity contribution in [3.8, 4) is 28.5 Å². The first-order chi connectivity index (χ1) is 16.5. The van der Waals surface area contributed by atoms with E-state index in [4.69, 9.17) is 16.6 Å². The number of thioether (sulfide) groups is 1. The smallest absolute Gasteiger partial charge is 0.225 e. The molecule has 0 fully saturated rings. The Bertz CT molecular complexity index is 1350. The van der Waals surface area contributed by atoms with Crippen LogP contribution in [0.2, 0.25) is 5.02 Å². The van der Waals surface area contributed by atoms with Gasteiger partial charge in [0.15, 0.2) is 0 Å². The zero-order valence-electron chi connectivity index (χ0n) is 18.6. The molecule has 0 bridgehead atoms. The number of aryl methyl sites for hydroxylation is 1. The van der Waals surface area contributed by atoms with Gasteiger partial charge in [-0.15, -0.1) is 11.8 Å². The van der Waals surface area contributed by atoms with Gasteiger partial charge in [0.05, 0.1) is 11.3 Å². The number of hydrogen-bond donors (Lipinski definition) is 1. The molecule has 0 saturated heterocycles. The summed E-state index contributed by atoms with van der Waals surface area (Å²) >= 11 is 7.41. The maximum atomic E-state index is 12.4. The van der Waals surface area contributed by atoms with E-state index in [2.05, 4.69) is 11.4 Å². The number of benzene rings is 3. The maximum Gasteiger partial charge on any atom is 0.225 e. The van der Waals surface area contributed by atoms with E-state index in [1.807, 2.05) is 67.6 Å². The molecular weight excluding hydrogens is 462 g/mol. The fourth-order valence-corrected chi connectivity index (χ4v) is 4.62. The summed E-state index contributed by atoms with van der Waals surface area (Å²) in [4.78, 5) is 17.2. The molecule has 168 valence electrons. The molecule has 0 unspecified atom stereocenters. The predicted molar refractivity (Wildman–Crippen MR) is 140 cm³/mol. The van der Waals surface area contributed by atoms with Crippen molar-refractivity contribution >= 4 is 35.0 Å². The number of pyridine rings is 1. The van der Waals surface area contributed by atoms with Crippen LogP contribution in [0.25, 0.3) is 22.4 Å². The van der Waals surface area contributed by atoms with Crippen LogP contribution in [0.5, 0.6) is 0 Å². The van der Waals surface area contributed by atoms with Gasteiger partial charge in [0.2, 0.25) is 5.91 Å². The summed E-state index contributed by atoms with van der Waals surface area (Å²) in [7, 11) is 0. The highest BCUT2D eigenvalue weighted by Crippen LogP contribution is 2.34. The van der Waals surface area contributed by atoms with Crippen LogP contribution in [0.3, 0.4) is 0 Å². The maximum absolute atomic E-state index is 12.4. The zero-order chi connectivity index (χ0) is 23.9. The number of nitriles is 1. The molecule has 4 aromatic rings. The third-order valence-electron chi connectivity index (χ3n) is 5.21. The standard InChI is InChI=1S/C28H22ClN3OS/c1-19-10-12-20(13-11-19)24-17-26(21-6-3-2-4-7-21)32-28(25(24)18-30)34-15-14-27(33)31-23-9-5-8-22(29)16-23/h2-13,16-17H,14-15H2,1H3,(H,31,33). The van der Waals surface area contributed by atoms with Crippen molar-refractivity contribution in [2.45, 2.75) is 18.4 Å². The number of nitrogens with zero attached hydrogens (tertiary/aromatic N) is 2. The van der Waals surface area contributed by atoms with Gasteiger partial charge in [-0.05, 0) is 36.8 Å². The van der Waals surface area contributed by atoms with Crippen molar-refractivity contribution in [1.82, 2.24) is 4.98 Å². The largest absolute Gasteiger partial charge is 0.326 e. The van der Waals surface area contributed by atoms with E-state index >= 15 is 0 Å². The van der Waals surface area contributed by atoms with Gasteiger partial charge in [-0.1, -0.05) is 77.8 Å². The second-order valence-electron chi connectivity index (χ2n) is 7.74. The van der Waals surface area contributed by atoms with Crippen molar-refractivity contribution in [2.75, 3.05) is 11.1 Å². The fraction of sp³-hybridized carbons (Fsp3) is 0.107. The van der Waals surface area contributed by atoms with Crippen LogP contribution in [-0.2, 0) is 4.79 Å². The highest BCUT2D eigenvalue weighted by molar-refractivity contribution is 7.99. The molecule has 0 aliphatic heterocycles. The molecule has 6 heteroatoms. The van der Waals surface area contributed by atoms with E-state index in [-0.39, 0.29) is 12.3 Å². The van der Waals surface area contributed by atoms with Crippen LogP contribution >= 0.6 is 23.4 Å². The van der Waals surface area contributed by atoms with Gasteiger partial charge in [-0.25, -0.2) is 4.98 Å². The lowest BCUT2D eigenvalue weighted by Gasteiger charge is -2.13. The lowest BCUT2D eigenvalue weighted by molar-refractivity contribution is -0.115. The van der Waals surface area contributed by atoms with Gasteiger partial charge in [-0.2, -0.15) is 5.26 Å². The van der Waals surface area contributed by atoms with Gasteiger partial charge in [0.25, 0.3) is 0 Å². The number of rotatable bonds is 7. The van der Waals surface area contributed by atoms with E-state index < -0.39 is 0 Å². The van der Waals surface area contributed by atoms with E-state index in [0.29, 0.717) is 27.1 Å². The van der Waals surface area contributed by atoms with Crippen molar-refractivity contribution in [1.29, 1.82) is 5.26 Å². The summed E-state index contributed by atoms with van der Waals surface area (Å²) in [5.74, 6) is 0.367. The molecule has 1 aromatic heterocycles. The first-order valence-corrected chi connectivity index (χ1v) is 12.2. The van der Waals surface area contributed by atoms with Crippen molar-refractivity contribution < 1.29 is 4.79 Å². The molecule has 1 heterocycles. The Balaban J connectivity index is 1.60. The summed E-state index contributed by atoms with van der Waals surface area (Å²) in [6.45, 7) is 2.03. The zero-order valence-corrected chi connectivity index (χ0v) is 20.2. The van der Waals surface area contributed by atoms with E-state index in [1.165, 1.54) is 11.8 Å². The third-order valence-corrected chi connectivity index (χ3v) is 6.42. The van der Waals surface area contributed by atoms with Crippen LogP contribution in [-0.4, -0.2) is 16.6 Å². The van der Waals surface area contributed by atoms with E-state index in [1.54, 1.807) is 24.3 Å². The summed E-state index contributed by atoms with van der Waals surface area (Å²) < 4.78 is 0. The summed E-state index contributed by atoms with van der Waals surface area (Å²) in [6, 6.07) is 29.4. The van der Waals surface area contributed by atoms with Gasteiger partial charge in [0, 0.05) is 34.0 Å². The highest BCUT2D eigenvalue weighted by atomic mass is 35.5. The molecule has 1 amide bonds. The van der Waals surface area contributed by atoms with Crippen molar-refractivity contribution in [2.24, 2.45) is 0 Å². The molecule has 0 saturated carbocycles. The molecule has 0 radical (unpaired) electrons. The van der Waals surface area contributed by atoms with Crippen LogP contribution in [0.4, 0.5) is 5.69 Å². The quantitative estimate of drug-likeness (QED) is 0.279. The summed E-state index contributed by atoms with van der Waals surface area (Å²) in [6.07, 6.45) is 0.277. The van der Waals surface area contributed by atoms with Gasteiger partial charge < -0.3 is 5.32 Å². The Labute approximate surface area is 208 Å². The molecule has 4 rings (SSSR count). The van der Waals surface area contributed by atoms with Crippen molar-refractivity contribution in [3.05, 3.63) is 101 Å². The Morgan fingerprint density at radius 3 is 2.47 bits per heavy atom. The number of carbonyl (C=O) groups is 1. The monoisotopic (exact) mass is 483 g/mol. The topological polar surface area (TPSA) is 65.8 Å². The molecule has 3 aromatic carbocycles. The molecule has 34 heavy (non-hydrogen) atoms. The molecule has 0 atom stereocenters. The van der Waals surface area contributed by atoms with Gasteiger partial charge in [-0.3, -0.25) is 4.79 Å². The SMILES string of the molecule is Cc1ccc(-c2cc(-c3ccccc3)nc(SCCC(=O)Nc3cccc(Cl)c3)c2C#N)cc1. The Hall–Kier alpha value is -3.59. The lowest BCUT2D eigenvalue weighted by Crippen LogP contribution is -2.12. The molecule has 0 aliphatic carbocycles. The van der Waals surface area contributed by atoms with Crippen LogP contribution in [0.15, 0.2) is 90.0 Å². The predicted octanol–water partition coefficient (Wildman–Crippen LogP) is 7.37. The third kappa shape index (κ3) is 5.85. The number of anilines is 1. The normalized spacial score (nSPS) is 10.5. The first kappa shape index (κ1) is 23.6. The number of hydrogen-bond acceptors (Lipinski definition) is 4. The Morgan fingerprint density at radius 1 is 1.00 bits per heavy atom. The van der Waals surface area contributed by atoms with E-state index in [9.17, 15) is 10.1 Å². The number of halogens is 1. The lowest BCUT2D eigenvalue weighted by atomic mass is 9.98. The van der Waals surface area contributed by atoms with Gasteiger partial charge in [0.1, 0.15) is 11.1 Å². The van der Waals surface area contributed by atoms with Gasteiger partial charge >= 0.3 is 0 Å². The Kier molecular flexibility index (Phi) is 7.64. The molecule has 0 spiro atoms. The average Bonchev–Trinajstić information content (AvgIpc) is 2.84. The molecule has 4 nitrogen and oxygen atoms in total. The Morgan fingerprint density at radius 2 is 1.76 bits per heavy atom. The minimum Gasteiger partial charge on any atom is -0.326 e. The molecule has 1 N–H and O–H groups in total. The number of amides is 1.